The molecule has 1 amide bonds. The van der Waals surface area contributed by atoms with Gasteiger partial charge >= 0.3 is 0 Å². The first-order valence-corrected chi connectivity index (χ1v) is 3.45. The number of allylic oxidation sites excluding steroid dienone is 3. The van der Waals surface area contributed by atoms with Gasteiger partial charge in [-0.3, -0.25) is 4.79 Å². The van der Waals surface area contributed by atoms with Gasteiger partial charge in [0.1, 0.15) is 0 Å². The molecule has 1 heterocycles. The van der Waals surface area contributed by atoms with Gasteiger partial charge in [-0.15, -0.1) is 0 Å². The summed E-state index contributed by atoms with van der Waals surface area (Å²) < 4.78 is 0. The molecule has 0 aromatic carbocycles. The van der Waals surface area contributed by atoms with E-state index >= 15 is 0 Å². The molecule has 1 fully saturated rings. The SMILES string of the molecule is C=C(C)/C=C1/CC(=O)NC1=C. The van der Waals surface area contributed by atoms with Crippen LogP contribution in [-0.2, 0) is 4.79 Å². The molecule has 0 atom stereocenters. The number of hydrogen-bond donors (Lipinski definition) is 1. The number of amides is 1. The molecule has 0 aromatic rings. The van der Waals surface area contributed by atoms with Crippen LogP contribution in [0.25, 0.3) is 0 Å². The first-order chi connectivity index (χ1) is 5.09. The van der Waals surface area contributed by atoms with Gasteiger partial charge in [0.25, 0.3) is 0 Å². The first kappa shape index (κ1) is 7.79. The Hall–Kier alpha value is -1.31. The van der Waals surface area contributed by atoms with Gasteiger partial charge in [-0.25, -0.2) is 0 Å². The summed E-state index contributed by atoms with van der Waals surface area (Å²) in [6.45, 7) is 9.31. The molecule has 0 saturated carbocycles. The molecule has 0 spiro atoms. The van der Waals surface area contributed by atoms with Gasteiger partial charge in [0.05, 0.1) is 6.42 Å². The van der Waals surface area contributed by atoms with E-state index in [1.165, 1.54) is 0 Å². The van der Waals surface area contributed by atoms with Gasteiger partial charge in [0.2, 0.25) is 5.91 Å². The summed E-state index contributed by atoms with van der Waals surface area (Å²) in [5, 5.41) is 2.63. The predicted molar refractivity (Wildman–Crippen MR) is 44.8 cm³/mol. The maximum atomic E-state index is 10.8. The monoisotopic (exact) mass is 149 g/mol. The largest absolute Gasteiger partial charge is 0.326 e. The zero-order chi connectivity index (χ0) is 8.43. The standard InChI is InChI=1S/C9H11NO/c1-6(2)4-8-5-9(11)10-7(8)3/h4H,1,3,5H2,2H3,(H,10,11)/b8-4-. The van der Waals surface area contributed by atoms with Crippen LogP contribution in [0.5, 0.6) is 0 Å². The molecule has 1 aliphatic heterocycles. The highest BCUT2D eigenvalue weighted by Gasteiger charge is 2.17. The van der Waals surface area contributed by atoms with Crippen molar-refractivity contribution < 1.29 is 4.79 Å². The smallest absolute Gasteiger partial charge is 0.228 e. The molecule has 58 valence electrons. The number of hydrogen-bond acceptors (Lipinski definition) is 1. The highest BCUT2D eigenvalue weighted by atomic mass is 16.1. The van der Waals surface area contributed by atoms with E-state index in [9.17, 15) is 4.79 Å². The molecule has 2 nitrogen and oxygen atoms in total. The van der Waals surface area contributed by atoms with Crippen molar-refractivity contribution >= 4 is 5.91 Å². The summed E-state index contributed by atoms with van der Waals surface area (Å²) >= 11 is 0. The third-order valence-corrected chi connectivity index (χ3v) is 1.45. The van der Waals surface area contributed by atoms with E-state index in [2.05, 4.69) is 18.5 Å². The topological polar surface area (TPSA) is 29.1 Å². The fourth-order valence-corrected chi connectivity index (χ4v) is 1.01. The van der Waals surface area contributed by atoms with Gasteiger partial charge < -0.3 is 5.32 Å². The van der Waals surface area contributed by atoms with Crippen molar-refractivity contribution in [2.45, 2.75) is 13.3 Å². The van der Waals surface area contributed by atoms with Crippen LogP contribution in [0.15, 0.2) is 36.1 Å². The van der Waals surface area contributed by atoms with Crippen LogP contribution in [0.4, 0.5) is 0 Å². The van der Waals surface area contributed by atoms with E-state index < -0.39 is 0 Å². The van der Waals surface area contributed by atoms with Crippen LogP contribution >= 0.6 is 0 Å². The van der Waals surface area contributed by atoms with Crippen LogP contribution in [0.2, 0.25) is 0 Å². The number of rotatable bonds is 1. The van der Waals surface area contributed by atoms with Gasteiger partial charge in [0.15, 0.2) is 0 Å². The molecule has 0 bridgehead atoms. The lowest BCUT2D eigenvalue weighted by molar-refractivity contribution is -0.118. The van der Waals surface area contributed by atoms with Crippen LogP contribution < -0.4 is 5.32 Å². The molecule has 1 saturated heterocycles. The fourth-order valence-electron chi connectivity index (χ4n) is 1.01. The summed E-state index contributed by atoms with van der Waals surface area (Å²) in [7, 11) is 0. The first-order valence-electron chi connectivity index (χ1n) is 3.45. The second kappa shape index (κ2) is 2.74. The number of nitrogens with one attached hydrogen (secondary N) is 1. The van der Waals surface area contributed by atoms with Crippen molar-refractivity contribution in [1.29, 1.82) is 0 Å². The Morgan fingerprint density at radius 3 is 2.73 bits per heavy atom. The maximum Gasteiger partial charge on any atom is 0.228 e. The third-order valence-electron chi connectivity index (χ3n) is 1.45. The van der Waals surface area contributed by atoms with E-state index in [1.54, 1.807) is 0 Å². The molecule has 2 heteroatoms. The summed E-state index contributed by atoms with van der Waals surface area (Å²) in [4.78, 5) is 10.8. The molecular formula is C9H11NO. The molecule has 0 aliphatic carbocycles. The van der Waals surface area contributed by atoms with Crippen molar-refractivity contribution in [3.63, 3.8) is 0 Å². The molecule has 11 heavy (non-hydrogen) atoms. The molecule has 1 rings (SSSR count). The minimum Gasteiger partial charge on any atom is -0.326 e. The summed E-state index contributed by atoms with van der Waals surface area (Å²) in [6.07, 6.45) is 2.31. The lowest BCUT2D eigenvalue weighted by atomic mass is 10.1. The van der Waals surface area contributed by atoms with Gasteiger partial charge in [0, 0.05) is 5.70 Å². The summed E-state index contributed by atoms with van der Waals surface area (Å²) in [5.74, 6) is 0.0162. The molecule has 1 N–H and O–H groups in total. The molecule has 0 unspecified atom stereocenters. The minimum atomic E-state index is 0.0162. The van der Waals surface area contributed by atoms with E-state index in [0.717, 1.165) is 11.1 Å². The van der Waals surface area contributed by atoms with Crippen molar-refractivity contribution in [3.8, 4) is 0 Å². The maximum absolute atomic E-state index is 10.8. The van der Waals surface area contributed by atoms with Crippen LogP contribution in [0.1, 0.15) is 13.3 Å². The summed E-state index contributed by atoms with van der Waals surface area (Å²) in [6, 6.07) is 0. The van der Waals surface area contributed by atoms with Gasteiger partial charge in [-0.05, 0) is 12.5 Å². The van der Waals surface area contributed by atoms with E-state index in [0.29, 0.717) is 12.1 Å². The van der Waals surface area contributed by atoms with E-state index in [4.69, 9.17) is 0 Å². The normalized spacial score (nSPS) is 20.6. The Balaban J connectivity index is 2.83. The second-order valence-corrected chi connectivity index (χ2v) is 2.72. The van der Waals surface area contributed by atoms with Crippen LogP contribution in [0, 0.1) is 0 Å². The molecular weight excluding hydrogens is 138 g/mol. The third kappa shape index (κ3) is 1.80. The van der Waals surface area contributed by atoms with Crippen molar-refractivity contribution in [2.75, 3.05) is 0 Å². The summed E-state index contributed by atoms with van der Waals surface area (Å²) in [5.41, 5.74) is 2.60. The zero-order valence-corrected chi connectivity index (χ0v) is 6.61. The average Bonchev–Trinajstić information content (AvgIpc) is 2.09. The predicted octanol–water partition coefficient (Wildman–Crippen LogP) is 1.52. The lowest BCUT2D eigenvalue weighted by Crippen LogP contribution is -2.10. The zero-order valence-electron chi connectivity index (χ0n) is 6.61. The quantitative estimate of drug-likeness (QED) is 0.601. The van der Waals surface area contributed by atoms with E-state index in [-0.39, 0.29) is 5.91 Å². The van der Waals surface area contributed by atoms with Crippen LogP contribution in [0.3, 0.4) is 0 Å². The Labute approximate surface area is 66.3 Å². The molecule has 1 aliphatic rings. The Bertz CT molecular complexity index is 261. The van der Waals surface area contributed by atoms with Gasteiger partial charge in [-0.1, -0.05) is 24.8 Å². The number of carbonyl (C=O) groups excluding carboxylic acids is 1. The number of carbonyl (C=O) groups is 1. The van der Waals surface area contributed by atoms with Crippen LogP contribution in [-0.4, -0.2) is 5.91 Å². The lowest BCUT2D eigenvalue weighted by Gasteiger charge is -1.95. The average molecular weight is 149 g/mol. The fraction of sp³-hybridized carbons (Fsp3) is 0.222. The Morgan fingerprint density at radius 2 is 2.36 bits per heavy atom. The Kier molecular flexibility index (Phi) is 1.94. The Morgan fingerprint density at radius 1 is 1.73 bits per heavy atom. The highest BCUT2D eigenvalue weighted by molar-refractivity contribution is 5.86. The molecule has 0 aromatic heterocycles. The van der Waals surface area contributed by atoms with Crippen molar-refractivity contribution in [1.82, 2.24) is 5.32 Å². The minimum absolute atomic E-state index is 0.0162. The second-order valence-electron chi connectivity index (χ2n) is 2.72. The molecule has 0 radical (unpaired) electrons. The van der Waals surface area contributed by atoms with Gasteiger partial charge in [-0.2, -0.15) is 0 Å². The van der Waals surface area contributed by atoms with E-state index in [1.807, 2.05) is 13.0 Å². The van der Waals surface area contributed by atoms with Crippen molar-refractivity contribution in [2.24, 2.45) is 0 Å². The van der Waals surface area contributed by atoms with Crippen molar-refractivity contribution in [3.05, 3.63) is 36.1 Å². The highest BCUT2D eigenvalue weighted by Crippen LogP contribution is 2.18.